The van der Waals surface area contributed by atoms with Gasteiger partial charge in [0.2, 0.25) is 6.41 Å². The number of amides is 2. The molecular formula is C18H23ClF3N5O2. The quantitative estimate of drug-likeness (QED) is 0.740. The van der Waals surface area contributed by atoms with Gasteiger partial charge in [0.25, 0.3) is 0 Å². The predicted molar refractivity (Wildman–Crippen MR) is 104 cm³/mol. The molecule has 0 saturated heterocycles. The minimum atomic E-state index is -4.86. The fraction of sp³-hybridized carbons (Fsp3) is 0.444. The summed E-state index contributed by atoms with van der Waals surface area (Å²) in [5.41, 5.74) is 5.19. The zero-order chi connectivity index (χ0) is 21.9. The molecule has 0 atom stereocenters. The second kappa shape index (κ2) is 12.1. The van der Waals surface area contributed by atoms with Crippen LogP contribution in [-0.2, 0) is 9.59 Å². The van der Waals surface area contributed by atoms with Crippen LogP contribution in [0.5, 0.6) is 0 Å². The summed E-state index contributed by atoms with van der Waals surface area (Å²) in [5.74, 6) is -2.26. The molecular weight excluding hydrogens is 411 g/mol. The molecule has 1 fully saturated rings. The van der Waals surface area contributed by atoms with Gasteiger partial charge in [0.1, 0.15) is 5.69 Å². The number of nitrogens with two attached hydrogens (primary N) is 1. The summed E-state index contributed by atoms with van der Waals surface area (Å²) in [7, 11) is 0. The van der Waals surface area contributed by atoms with Crippen LogP contribution in [0.15, 0.2) is 30.7 Å². The lowest BCUT2D eigenvalue weighted by molar-refractivity contribution is -0.169. The summed E-state index contributed by atoms with van der Waals surface area (Å²) in [6.07, 6.45) is 8.43. The Hall–Kier alpha value is -2.62. The van der Waals surface area contributed by atoms with Crippen molar-refractivity contribution in [1.29, 1.82) is 0 Å². The maximum absolute atomic E-state index is 10.9. The van der Waals surface area contributed by atoms with Gasteiger partial charge >= 0.3 is 12.1 Å². The number of carbonyl (C=O) groups is 2. The maximum atomic E-state index is 10.9. The van der Waals surface area contributed by atoms with Gasteiger partial charge in [0, 0.05) is 12.7 Å². The van der Waals surface area contributed by atoms with Crippen LogP contribution in [0.1, 0.15) is 39.0 Å². The predicted octanol–water partition coefficient (Wildman–Crippen LogP) is 3.89. The second-order valence-electron chi connectivity index (χ2n) is 5.98. The van der Waals surface area contributed by atoms with Gasteiger partial charge in [0.05, 0.1) is 18.1 Å². The molecule has 160 valence electrons. The minimum Gasteiger partial charge on any atom is -0.362 e. The van der Waals surface area contributed by atoms with Gasteiger partial charge in [-0.05, 0) is 19.1 Å². The second-order valence-corrected chi connectivity index (χ2v) is 6.34. The average molecular weight is 434 g/mol. The van der Waals surface area contributed by atoms with Crippen molar-refractivity contribution < 1.29 is 22.8 Å². The van der Waals surface area contributed by atoms with E-state index in [1.54, 1.807) is 23.3 Å². The molecule has 1 aliphatic rings. The number of carbonyl (C=O) groups excluding carboxylic acids is 2. The number of alkyl halides is 3. The molecule has 3 rings (SSSR count). The standard InChI is InChI=1S/C11H11ClN4O.C5H10.C2H2F3NO/c1-2-15(8-17)10-7-16(14-11(10)12)9-4-3-5-13-6-9;1-2-4-5-3-1;3-2(4,5)1(6)7/h3-8H,2H2,1H3;1-5H2;(H2,6,7). The van der Waals surface area contributed by atoms with E-state index in [4.69, 9.17) is 16.4 Å². The van der Waals surface area contributed by atoms with Gasteiger partial charge in [0.15, 0.2) is 5.15 Å². The van der Waals surface area contributed by atoms with Gasteiger partial charge in [-0.3, -0.25) is 14.6 Å². The van der Waals surface area contributed by atoms with Gasteiger partial charge in [-0.25, -0.2) is 4.68 Å². The molecule has 2 amide bonds. The Morgan fingerprint density at radius 2 is 1.86 bits per heavy atom. The topological polar surface area (TPSA) is 94.1 Å². The van der Waals surface area contributed by atoms with Crippen LogP contribution in [0.4, 0.5) is 18.9 Å². The van der Waals surface area contributed by atoms with Gasteiger partial charge < -0.3 is 10.6 Å². The third kappa shape index (κ3) is 8.51. The molecule has 2 heterocycles. The molecule has 2 aromatic rings. The molecule has 0 unspecified atom stereocenters. The van der Waals surface area contributed by atoms with Crippen molar-refractivity contribution in [2.75, 3.05) is 11.4 Å². The smallest absolute Gasteiger partial charge is 0.362 e. The monoisotopic (exact) mass is 433 g/mol. The summed E-state index contributed by atoms with van der Waals surface area (Å²) in [6, 6.07) is 3.67. The lowest BCUT2D eigenvalue weighted by Gasteiger charge is -2.11. The number of anilines is 1. The molecule has 7 nitrogen and oxygen atoms in total. The van der Waals surface area contributed by atoms with Crippen LogP contribution in [0, 0.1) is 0 Å². The zero-order valence-electron chi connectivity index (χ0n) is 15.9. The lowest BCUT2D eigenvalue weighted by Crippen LogP contribution is -2.30. The highest BCUT2D eigenvalue weighted by molar-refractivity contribution is 6.32. The van der Waals surface area contributed by atoms with E-state index in [0.29, 0.717) is 17.4 Å². The molecule has 0 bridgehead atoms. The first-order valence-electron chi connectivity index (χ1n) is 8.94. The summed E-state index contributed by atoms with van der Waals surface area (Å²) in [6.45, 7) is 2.41. The Morgan fingerprint density at radius 1 is 1.31 bits per heavy atom. The maximum Gasteiger partial charge on any atom is 0.470 e. The number of hydrogen-bond acceptors (Lipinski definition) is 4. The number of hydrogen-bond donors (Lipinski definition) is 1. The zero-order valence-corrected chi connectivity index (χ0v) is 16.7. The molecule has 0 radical (unpaired) electrons. The molecule has 2 aromatic heterocycles. The van der Waals surface area contributed by atoms with Crippen molar-refractivity contribution in [1.82, 2.24) is 14.8 Å². The van der Waals surface area contributed by atoms with Crippen molar-refractivity contribution in [2.24, 2.45) is 5.73 Å². The molecule has 0 aliphatic heterocycles. The van der Waals surface area contributed by atoms with E-state index in [0.717, 1.165) is 12.1 Å². The lowest BCUT2D eigenvalue weighted by atomic mass is 10.4. The van der Waals surface area contributed by atoms with Crippen molar-refractivity contribution in [3.63, 3.8) is 0 Å². The Balaban J connectivity index is 0.000000287. The third-order valence-electron chi connectivity index (χ3n) is 3.87. The number of primary amides is 1. The number of rotatable bonds is 4. The first-order chi connectivity index (χ1) is 13.7. The van der Waals surface area contributed by atoms with Crippen LogP contribution in [0.2, 0.25) is 5.15 Å². The Kier molecular flexibility index (Phi) is 10.1. The van der Waals surface area contributed by atoms with E-state index in [1.807, 2.05) is 19.1 Å². The molecule has 0 aromatic carbocycles. The van der Waals surface area contributed by atoms with E-state index in [9.17, 15) is 18.0 Å². The molecule has 29 heavy (non-hydrogen) atoms. The van der Waals surface area contributed by atoms with E-state index in [2.05, 4.69) is 15.8 Å². The first-order valence-corrected chi connectivity index (χ1v) is 9.32. The number of aromatic nitrogens is 3. The summed E-state index contributed by atoms with van der Waals surface area (Å²) in [5, 5.41) is 4.43. The Labute approximate surface area is 171 Å². The fourth-order valence-electron chi connectivity index (χ4n) is 2.34. The number of halogens is 4. The van der Waals surface area contributed by atoms with Crippen molar-refractivity contribution in [3.05, 3.63) is 35.9 Å². The fourth-order valence-corrected chi connectivity index (χ4v) is 2.58. The van der Waals surface area contributed by atoms with Crippen molar-refractivity contribution in [2.45, 2.75) is 45.2 Å². The van der Waals surface area contributed by atoms with Crippen LogP contribution < -0.4 is 10.6 Å². The van der Waals surface area contributed by atoms with E-state index < -0.39 is 12.1 Å². The normalized spacial score (nSPS) is 12.9. The highest BCUT2D eigenvalue weighted by Crippen LogP contribution is 2.24. The van der Waals surface area contributed by atoms with Gasteiger partial charge in [-0.2, -0.15) is 18.3 Å². The largest absolute Gasteiger partial charge is 0.470 e. The summed E-state index contributed by atoms with van der Waals surface area (Å²) in [4.78, 5) is 25.5. The molecule has 11 heteroatoms. The molecule has 1 saturated carbocycles. The third-order valence-corrected chi connectivity index (χ3v) is 4.14. The van der Waals surface area contributed by atoms with E-state index >= 15 is 0 Å². The Morgan fingerprint density at radius 3 is 2.24 bits per heavy atom. The van der Waals surface area contributed by atoms with Crippen molar-refractivity contribution >= 4 is 29.6 Å². The summed E-state index contributed by atoms with van der Waals surface area (Å²) >= 11 is 5.99. The van der Waals surface area contributed by atoms with Crippen LogP contribution >= 0.6 is 11.6 Å². The number of pyridine rings is 1. The van der Waals surface area contributed by atoms with Gasteiger partial charge in [-0.1, -0.05) is 43.7 Å². The van der Waals surface area contributed by atoms with E-state index in [1.165, 1.54) is 37.0 Å². The average Bonchev–Trinajstić information content (AvgIpc) is 3.37. The van der Waals surface area contributed by atoms with Crippen LogP contribution in [0.25, 0.3) is 5.69 Å². The van der Waals surface area contributed by atoms with Crippen LogP contribution in [-0.4, -0.2) is 39.8 Å². The number of nitrogens with zero attached hydrogens (tertiary/aromatic N) is 4. The highest BCUT2D eigenvalue weighted by Gasteiger charge is 2.35. The van der Waals surface area contributed by atoms with Gasteiger partial charge in [-0.15, -0.1) is 0 Å². The van der Waals surface area contributed by atoms with E-state index in [-0.39, 0.29) is 0 Å². The van der Waals surface area contributed by atoms with Crippen molar-refractivity contribution in [3.8, 4) is 5.69 Å². The Bertz CT molecular complexity index is 757. The molecule has 0 spiro atoms. The van der Waals surface area contributed by atoms with Crippen LogP contribution in [0.3, 0.4) is 0 Å². The summed E-state index contributed by atoms with van der Waals surface area (Å²) < 4.78 is 33.7. The SMILES string of the molecule is C1CCCC1.CCN(C=O)c1cn(-c2cccnc2)nc1Cl.NC(=O)C(F)(F)F. The highest BCUT2D eigenvalue weighted by atomic mass is 35.5. The first kappa shape index (κ1) is 24.4. The minimum absolute atomic E-state index is 0.294. The molecule has 2 N–H and O–H groups in total. The molecule has 1 aliphatic carbocycles.